The Bertz CT molecular complexity index is 775. The summed E-state index contributed by atoms with van der Waals surface area (Å²) in [5.41, 5.74) is 7.62. The summed E-state index contributed by atoms with van der Waals surface area (Å²) in [6.07, 6.45) is 0. The Morgan fingerprint density at radius 2 is 1.64 bits per heavy atom. The maximum absolute atomic E-state index is 6.02. The van der Waals surface area contributed by atoms with Gasteiger partial charge in [-0.1, -0.05) is 47.1 Å². The van der Waals surface area contributed by atoms with E-state index in [0.717, 1.165) is 21.0 Å². The highest BCUT2D eigenvalue weighted by atomic mass is 127. The summed E-state index contributed by atoms with van der Waals surface area (Å²) < 4.78 is 0. The largest absolute Gasteiger partial charge is 0.375 e. The maximum Gasteiger partial charge on any atom is 0.180 e. The van der Waals surface area contributed by atoms with E-state index < -0.39 is 0 Å². The molecule has 0 spiro atoms. The van der Waals surface area contributed by atoms with Gasteiger partial charge in [-0.25, -0.2) is 4.98 Å². The average molecular weight is 481 g/mol. The van der Waals surface area contributed by atoms with Crippen LogP contribution in [-0.4, -0.2) is 4.98 Å². The van der Waals surface area contributed by atoms with Crippen LogP contribution in [0.4, 0.5) is 5.13 Å². The van der Waals surface area contributed by atoms with Crippen LogP contribution in [0, 0.1) is 0 Å². The summed E-state index contributed by atoms with van der Waals surface area (Å²) in [5.74, 6) is 0. The number of thiazole rings is 1. The molecule has 0 saturated heterocycles. The van der Waals surface area contributed by atoms with Gasteiger partial charge < -0.3 is 5.73 Å². The molecule has 0 unspecified atom stereocenters. The molecule has 22 heavy (non-hydrogen) atoms. The average Bonchev–Trinajstić information content (AvgIpc) is 2.90. The van der Waals surface area contributed by atoms with Crippen LogP contribution in [0.15, 0.2) is 57.6 Å². The first-order valence-corrected chi connectivity index (χ1v) is 8.51. The third-order valence-electron chi connectivity index (χ3n) is 2.80. The molecule has 3 rings (SSSR count). The molecule has 0 aliphatic rings. The Morgan fingerprint density at radius 3 is 2.23 bits per heavy atom. The molecule has 0 bridgehead atoms. The lowest BCUT2D eigenvalue weighted by molar-refractivity contribution is 1.37. The fraction of sp³-hybridized carbons (Fsp3) is 0. The van der Waals surface area contributed by atoms with Crippen molar-refractivity contribution >= 4 is 75.4 Å². The van der Waals surface area contributed by atoms with Gasteiger partial charge in [-0.15, -0.1) is 35.3 Å². The SMILES string of the molecule is I.Nc1nc(-c2ccc(Sc3ccc(Cl)c(Cl)c3)cc2)cs1. The molecule has 0 aliphatic carbocycles. The lowest BCUT2D eigenvalue weighted by Crippen LogP contribution is -1.83. The molecule has 0 saturated carbocycles. The zero-order valence-electron chi connectivity index (χ0n) is 11.1. The van der Waals surface area contributed by atoms with E-state index in [9.17, 15) is 0 Å². The van der Waals surface area contributed by atoms with Crippen molar-refractivity contribution in [3.63, 3.8) is 0 Å². The minimum atomic E-state index is 0. The second-order valence-electron chi connectivity index (χ2n) is 4.27. The molecule has 3 aromatic rings. The van der Waals surface area contributed by atoms with Gasteiger partial charge in [0.15, 0.2) is 5.13 Å². The number of nitrogens with two attached hydrogens (primary N) is 1. The molecular weight excluding hydrogens is 470 g/mol. The quantitative estimate of drug-likeness (QED) is 0.436. The molecule has 0 aliphatic heterocycles. The number of anilines is 1. The third kappa shape index (κ3) is 4.29. The normalized spacial score (nSPS) is 10.3. The standard InChI is InChI=1S/C15H10Cl2N2S2.HI/c16-12-6-5-11(7-13(12)17)21-10-3-1-9(2-4-10)14-8-20-15(18)19-14;/h1-8H,(H2,18,19);1H. The van der Waals surface area contributed by atoms with Crippen molar-refractivity contribution in [3.05, 3.63) is 57.9 Å². The van der Waals surface area contributed by atoms with Crippen LogP contribution in [0.25, 0.3) is 11.3 Å². The van der Waals surface area contributed by atoms with Crippen molar-refractivity contribution in [2.45, 2.75) is 9.79 Å². The van der Waals surface area contributed by atoms with Crippen LogP contribution in [-0.2, 0) is 0 Å². The van der Waals surface area contributed by atoms with E-state index in [1.807, 2.05) is 29.6 Å². The van der Waals surface area contributed by atoms with Gasteiger partial charge in [0.05, 0.1) is 15.7 Å². The van der Waals surface area contributed by atoms with E-state index in [1.165, 1.54) is 11.3 Å². The molecule has 2 aromatic carbocycles. The van der Waals surface area contributed by atoms with E-state index in [0.29, 0.717) is 15.2 Å². The van der Waals surface area contributed by atoms with Crippen LogP contribution in [0.1, 0.15) is 0 Å². The van der Waals surface area contributed by atoms with Crippen LogP contribution < -0.4 is 5.73 Å². The molecule has 1 aromatic heterocycles. The van der Waals surface area contributed by atoms with Crippen molar-refractivity contribution in [1.29, 1.82) is 0 Å². The van der Waals surface area contributed by atoms with Crippen molar-refractivity contribution in [2.75, 3.05) is 5.73 Å². The Balaban J connectivity index is 0.00000176. The number of hydrogen-bond donors (Lipinski definition) is 1. The number of hydrogen-bond acceptors (Lipinski definition) is 4. The zero-order chi connectivity index (χ0) is 14.8. The fourth-order valence-electron chi connectivity index (χ4n) is 1.79. The van der Waals surface area contributed by atoms with Gasteiger partial charge in [0, 0.05) is 20.7 Å². The predicted octanol–water partition coefficient (Wildman–Crippen LogP) is 6.47. The molecule has 0 amide bonds. The molecule has 0 atom stereocenters. The van der Waals surface area contributed by atoms with Gasteiger partial charge in [-0.05, 0) is 30.3 Å². The van der Waals surface area contributed by atoms with Crippen LogP contribution in [0.5, 0.6) is 0 Å². The number of halogens is 3. The van der Waals surface area contributed by atoms with E-state index in [4.69, 9.17) is 28.9 Å². The van der Waals surface area contributed by atoms with Crippen molar-refractivity contribution in [1.82, 2.24) is 4.98 Å². The summed E-state index contributed by atoms with van der Waals surface area (Å²) in [6.45, 7) is 0. The summed E-state index contributed by atoms with van der Waals surface area (Å²) in [5, 5.41) is 3.67. The van der Waals surface area contributed by atoms with Gasteiger partial charge in [0.1, 0.15) is 0 Å². The van der Waals surface area contributed by atoms with E-state index >= 15 is 0 Å². The highest BCUT2D eigenvalue weighted by Crippen LogP contribution is 2.33. The maximum atomic E-state index is 6.02. The molecule has 2 nitrogen and oxygen atoms in total. The van der Waals surface area contributed by atoms with Crippen molar-refractivity contribution < 1.29 is 0 Å². The molecule has 2 N–H and O–H groups in total. The Kier molecular flexibility index (Phi) is 6.40. The smallest absolute Gasteiger partial charge is 0.180 e. The summed E-state index contributed by atoms with van der Waals surface area (Å²) >= 11 is 15.0. The van der Waals surface area contributed by atoms with Gasteiger partial charge in [0.25, 0.3) is 0 Å². The lowest BCUT2D eigenvalue weighted by atomic mass is 10.2. The third-order valence-corrected chi connectivity index (χ3v) is 5.21. The number of rotatable bonds is 3. The van der Waals surface area contributed by atoms with Crippen LogP contribution in [0.2, 0.25) is 10.0 Å². The lowest BCUT2D eigenvalue weighted by Gasteiger charge is -2.04. The summed E-state index contributed by atoms with van der Waals surface area (Å²) in [7, 11) is 0. The predicted molar refractivity (Wildman–Crippen MR) is 108 cm³/mol. The minimum absolute atomic E-state index is 0. The van der Waals surface area contributed by atoms with Crippen molar-refractivity contribution in [2.24, 2.45) is 0 Å². The summed E-state index contributed by atoms with van der Waals surface area (Å²) in [6, 6.07) is 13.8. The first-order valence-electron chi connectivity index (χ1n) is 6.06. The number of benzene rings is 2. The Labute approximate surface area is 164 Å². The Hall–Kier alpha value is -0.470. The highest BCUT2D eigenvalue weighted by molar-refractivity contribution is 14.0. The second kappa shape index (κ2) is 7.88. The second-order valence-corrected chi connectivity index (χ2v) is 7.12. The number of aromatic nitrogens is 1. The zero-order valence-corrected chi connectivity index (χ0v) is 16.6. The van der Waals surface area contributed by atoms with E-state index in [2.05, 4.69) is 17.1 Å². The molecule has 0 radical (unpaired) electrons. The monoisotopic (exact) mass is 480 g/mol. The van der Waals surface area contributed by atoms with Gasteiger partial charge in [-0.3, -0.25) is 0 Å². The molecule has 7 heteroatoms. The summed E-state index contributed by atoms with van der Waals surface area (Å²) in [4.78, 5) is 6.45. The molecular formula is C15H11Cl2IN2S2. The Morgan fingerprint density at radius 1 is 0.955 bits per heavy atom. The van der Waals surface area contributed by atoms with E-state index in [1.54, 1.807) is 17.8 Å². The topological polar surface area (TPSA) is 38.9 Å². The first-order chi connectivity index (χ1) is 10.1. The molecule has 0 fully saturated rings. The molecule has 1 heterocycles. The fourth-order valence-corrected chi connectivity index (χ4v) is 3.58. The minimum Gasteiger partial charge on any atom is -0.375 e. The first kappa shape index (κ1) is 17.9. The van der Waals surface area contributed by atoms with Gasteiger partial charge >= 0.3 is 0 Å². The number of nitrogen functional groups attached to an aromatic ring is 1. The number of nitrogens with zero attached hydrogens (tertiary/aromatic N) is 1. The van der Waals surface area contributed by atoms with E-state index in [-0.39, 0.29) is 24.0 Å². The van der Waals surface area contributed by atoms with Gasteiger partial charge in [0.2, 0.25) is 0 Å². The van der Waals surface area contributed by atoms with Crippen molar-refractivity contribution in [3.8, 4) is 11.3 Å². The van der Waals surface area contributed by atoms with Crippen LogP contribution in [0.3, 0.4) is 0 Å². The highest BCUT2D eigenvalue weighted by Gasteiger charge is 2.04. The molecule has 114 valence electrons. The van der Waals surface area contributed by atoms with Crippen LogP contribution >= 0.6 is 70.3 Å². The van der Waals surface area contributed by atoms with Gasteiger partial charge in [-0.2, -0.15) is 0 Å².